The first kappa shape index (κ1) is 21.4. The summed E-state index contributed by atoms with van der Waals surface area (Å²) in [6.45, 7) is 10.3. The predicted molar refractivity (Wildman–Crippen MR) is 130 cm³/mol. The van der Waals surface area contributed by atoms with E-state index >= 15 is 0 Å². The van der Waals surface area contributed by atoms with E-state index < -0.39 is 0 Å². The van der Waals surface area contributed by atoms with E-state index in [4.69, 9.17) is 9.47 Å². The Hall–Kier alpha value is -1.50. The number of rotatable bonds is 8. The normalized spacial score (nSPS) is 18.8. The van der Waals surface area contributed by atoms with Gasteiger partial charge in [-0.25, -0.2) is 0 Å². The monoisotopic (exact) mass is 438 g/mol. The van der Waals surface area contributed by atoms with Gasteiger partial charge < -0.3 is 9.47 Å². The van der Waals surface area contributed by atoms with Crippen molar-refractivity contribution in [2.45, 2.75) is 25.7 Å². The van der Waals surface area contributed by atoms with Crippen LogP contribution < -0.4 is 0 Å². The third-order valence-corrected chi connectivity index (χ3v) is 7.84. The number of fused-ring (bicyclic) bond motifs is 3. The van der Waals surface area contributed by atoms with Crippen LogP contribution in [0.5, 0.6) is 0 Å². The van der Waals surface area contributed by atoms with Gasteiger partial charge in [0.15, 0.2) is 0 Å². The molecule has 2 saturated heterocycles. The van der Waals surface area contributed by atoms with Crippen LogP contribution in [0.15, 0.2) is 36.4 Å². The summed E-state index contributed by atoms with van der Waals surface area (Å²) in [6, 6.07) is 14.2. The van der Waals surface area contributed by atoms with Gasteiger partial charge in [0.05, 0.1) is 26.4 Å². The molecule has 5 heteroatoms. The van der Waals surface area contributed by atoms with Crippen molar-refractivity contribution in [2.24, 2.45) is 0 Å². The highest BCUT2D eigenvalue weighted by Gasteiger charge is 2.12. The minimum absolute atomic E-state index is 0.891. The first-order valence-electron chi connectivity index (χ1n) is 11.9. The highest BCUT2D eigenvalue weighted by molar-refractivity contribution is 7.25. The average Bonchev–Trinajstić information content (AvgIpc) is 3.18. The zero-order chi connectivity index (χ0) is 20.9. The van der Waals surface area contributed by atoms with Crippen LogP contribution in [0, 0.1) is 0 Å². The summed E-state index contributed by atoms with van der Waals surface area (Å²) in [5.41, 5.74) is 2.94. The van der Waals surface area contributed by atoms with Crippen molar-refractivity contribution in [3.63, 3.8) is 0 Å². The molecule has 2 aliphatic rings. The number of morpholine rings is 2. The van der Waals surface area contributed by atoms with Gasteiger partial charge in [-0.1, -0.05) is 12.1 Å². The molecule has 1 aromatic heterocycles. The second-order valence-electron chi connectivity index (χ2n) is 8.88. The van der Waals surface area contributed by atoms with Gasteiger partial charge in [0, 0.05) is 46.4 Å². The zero-order valence-corrected chi connectivity index (χ0v) is 19.3. The van der Waals surface area contributed by atoms with Crippen LogP contribution in [-0.4, -0.2) is 75.5 Å². The number of ether oxygens (including phenoxy) is 2. The maximum Gasteiger partial charge on any atom is 0.0594 e. The van der Waals surface area contributed by atoms with Crippen LogP contribution in [0.25, 0.3) is 20.2 Å². The Labute approximate surface area is 189 Å². The highest BCUT2D eigenvalue weighted by Crippen LogP contribution is 2.35. The molecule has 0 radical (unpaired) electrons. The molecule has 2 fully saturated rings. The fourth-order valence-electron chi connectivity index (χ4n) is 4.85. The Morgan fingerprint density at radius 1 is 0.645 bits per heavy atom. The lowest BCUT2D eigenvalue weighted by molar-refractivity contribution is 0.0374. The number of nitrogens with zero attached hydrogens (tertiary/aromatic N) is 2. The summed E-state index contributed by atoms with van der Waals surface area (Å²) in [6.07, 6.45) is 4.76. The Morgan fingerprint density at radius 3 is 1.55 bits per heavy atom. The standard InChI is InChI=1S/C26H34N2O2S/c1(9-27-11-15-29-16-12-27)3-21-5-7-25-23(19-21)24-20-22(6-8-26(24)31-25)4-2-10-28-13-17-30-18-14-28/h5-8,19-20H,1-4,9-18H2. The number of hydrogen-bond donors (Lipinski definition) is 0. The van der Waals surface area contributed by atoms with Gasteiger partial charge in [-0.15, -0.1) is 11.3 Å². The topological polar surface area (TPSA) is 24.9 Å². The van der Waals surface area contributed by atoms with Crippen LogP contribution in [0.1, 0.15) is 24.0 Å². The van der Waals surface area contributed by atoms with Gasteiger partial charge in [-0.2, -0.15) is 0 Å². The van der Waals surface area contributed by atoms with Crippen molar-refractivity contribution >= 4 is 31.5 Å². The summed E-state index contributed by atoms with van der Waals surface area (Å²) >= 11 is 1.93. The van der Waals surface area contributed by atoms with Crippen LogP contribution in [0.3, 0.4) is 0 Å². The molecule has 0 aliphatic carbocycles. The Balaban J connectivity index is 1.23. The minimum atomic E-state index is 0.891. The Bertz CT molecular complexity index is 911. The molecule has 0 amide bonds. The second kappa shape index (κ2) is 10.4. The van der Waals surface area contributed by atoms with E-state index in [1.165, 1.54) is 57.2 Å². The Kier molecular flexibility index (Phi) is 7.17. The van der Waals surface area contributed by atoms with Crippen LogP contribution in [-0.2, 0) is 22.3 Å². The number of aryl methyl sites for hydroxylation is 2. The average molecular weight is 439 g/mol. The molecule has 2 aliphatic heterocycles. The summed E-state index contributed by atoms with van der Waals surface area (Å²) in [7, 11) is 0. The molecular weight excluding hydrogens is 404 g/mol. The molecule has 0 spiro atoms. The number of hydrogen-bond acceptors (Lipinski definition) is 5. The maximum atomic E-state index is 5.46. The molecule has 31 heavy (non-hydrogen) atoms. The van der Waals surface area contributed by atoms with E-state index in [0.29, 0.717) is 0 Å². The van der Waals surface area contributed by atoms with E-state index in [1.807, 2.05) is 11.3 Å². The van der Waals surface area contributed by atoms with Gasteiger partial charge >= 0.3 is 0 Å². The van der Waals surface area contributed by atoms with Crippen LogP contribution >= 0.6 is 11.3 Å². The molecule has 0 unspecified atom stereocenters. The third kappa shape index (κ3) is 5.47. The van der Waals surface area contributed by atoms with E-state index in [2.05, 4.69) is 46.2 Å². The van der Waals surface area contributed by atoms with Crippen LogP contribution in [0.4, 0.5) is 0 Å². The van der Waals surface area contributed by atoms with E-state index in [-0.39, 0.29) is 0 Å². The molecule has 0 saturated carbocycles. The van der Waals surface area contributed by atoms with E-state index in [9.17, 15) is 0 Å². The van der Waals surface area contributed by atoms with E-state index in [1.54, 1.807) is 0 Å². The largest absolute Gasteiger partial charge is 0.379 e. The molecule has 4 nitrogen and oxygen atoms in total. The van der Waals surface area contributed by atoms with Gasteiger partial charge in [-0.05, 0) is 74.2 Å². The van der Waals surface area contributed by atoms with E-state index in [0.717, 1.165) is 65.4 Å². The first-order chi connectivity index (χ1) is 15.3. The van der Waals surface area contributed by atoms with Crippen molar-refractivity contribution in [3.8, 4) is 0 Å². The minimum Gasteiger partial charge on any atom is -0.379 e. The molecule has 5 rings (SSSR count). The Morgan fingerprint density at radius 2 is 1.10 bits per heavy atom. The second-order valence-corrected chi connectivity index (χ2v) is 9.96. The fraction of sp³-hybridized carbons (Fsp3) is 0.538. The lowest BCUT2D eigenvalue weighted by Gasteiger charge is -2.26. The molecular formula is C26H34N2O2S. The lowest BCUT2D eigenvalue weighted by atomic mass is 10.0. The van der Waals surface area contributed by atoms with Gasteiger partial charge in [0.2, 0.25) is 0 Å². The molecule has 0 atom stereocenters. The van der Waals surface area contributed by atoms with Crippen molar-refractivity contribution in [3.05, 3.63) is 47.5 Å². The van der Waals surface area contributed by atoms with Gasteiger partial charge in [0.1, 0.15) is 0 Å². The molecule has 2 aromatic carbocycles. The van der Waals surface area contributed by atoms with Crippen molar-refractivity contribution in [1.29, 1.82) is 0 Å². The molecule has 166 valence electrons. The van der Waals surface area contributed by atoms with Gasteiger partial charge in [-0.3, -0.25) is 9.80 Å². The van der Waals surface area contributed by atoms with Crippen LogP contribution in [0.2, 0.25) is 0 Å². The SMILES string of the molecule is c1cc2sc3ccc(CCCN4CCOCC4)cc3c2cc1CCCN1CCOCC1. The molecule has 3 heterocycles. The van der Waals surface area contributed by atoms with Crippen molar-refractivity contribution in [2.75, 3.05) is 65.7 Å². The summed E-state index contributed by atoms with van der Waals surface area (Å²) in [4.78, 5) is 5.07. The predicted octanol–water partition coefficient (Wildman–Crippen LogP) is 4.58. The first-order valence-corrected chi connectivity index (χ1v) is 12.7. The zero-order valence-electron chi connectivity index (χ0n) is 18.5. The molecule has 0 bridgehead atoms. The number of thiophene rings is 1. The quantitative estimate of drug-likeness (QED) is 0.514. The molecule has 3 aromatic rings. The third-order valence-electron chi connectivity index (χ3n) is 6.69. The summed E-state index contributed by atoms with van der Waals surface area (Å²) < 4.78 is 13.8. The van der Waals surface area contributed by atoms with Gasteiger partial charge in [0.25, 0.3) is 0 Å². The molecule has 0 N–H and O–H groups in total. The smallest absolute Gasteiger partial charge is 0.0594 e. The lowest BCUT2D eigenvalue weighted by Crippen LogP contribution is -2.36. The summed E-state index contributed by atoms with van der Waals surface area (Å²) in [5.74, 6) is 0. The highest BCUT2D eigenvalue weighted by atomic mass is 32.1. The summed E-state index contributed by atoms with van der Waals surface area (Å²) in [5, 5.41) is 2.89. The maximum absolute atomic E-state index is 5.46. The van der Waals surface area contributed by atoms with Crippen molar-refractivity contribution < 1.29 is 9.47 Å². The fourth-order valence-corrected chi connectivity index (χ4v) is 5.91. The number of benzene rings is 2. The van der Waals surface area contributed by atoms with Crippen molar-refractivity contribution in [1.82, 2.24) is 9.80 Å².